The van der Waals surface area contributed by atoms with Crippen LogP contribution >= 0.6 is 0 Å². The minimum absolute atomic E-state index is 0.142. The molecule has 0 radical (unpaired) electrons. The van der Waals surface area contributed by atoms with Gasteiger partial charge in [-0.3, -0.25) is 15.1 Å². The molecule has 1 rings (SSSR count). The Balaban J connectivity index is 2.80. The number of pyridine rings is 1. The lowest BCUT2D eigenvalue weighted by molar-refractivity contribution is -0.384. The van der Waals surface area contributed by atoms with Crippen molar-refractivity contribution in [2.75, 3.05) is 5.32 Å². The molecule has 0 atom stereocenters. The van der Waals surface area contributed by atoms with Gasteiger partial charge in [-0.15, -0.1) is 0 Å². The highest BCUT2D eigenvalue weighted by Gasteiger charge is 2.11. The number of rotatable bonds is 4. The van der Waals surface area contributed by atoms with Gasteiger partial charge in [0.1, 0.15) is 11.9 Å². The molecule has 0 aromatic carbocycles. The largest absolute Gasteiger partial charge is 0.514 e. The summed E-state index contributed by atoms with van der Waals surface area (Å²) in [5.41, 5.74) is 0.141. The van der Waals surface area contributed by atoms with Crippen molar-refractivity contribution >= 4 is 17.7 Å². The fourth-order valence-corrected chi connectivity index (χ4v) is 0.842. The van der Waals surface area contributed by atoms with Crippen molar-refractivity contribution in [1.29, 1.82) is 0 Å². The normalized spacial score (nSPS) is 10.9. The second-order valence-corrected chi connectivity index (χ2v) is 2.37. The average Bonchev–Trinajstić information content (AvgIpc) is 2.25. The van der Waals surface area contributed by atoms with E-state index in [1.165, 1.54) is 18.6 Å². The van der Waals surface area contributed by atoms with Crippen LogP contribution in [0.5, 0.6) is 0 Å². The van der Waals surface area contributed by atoms with Gasteiger partial charge in [-0.2, -0.15) is 0 Å². The molecule has 1 aromatic heterocycles. The fraction of sp³-hybridized carbons (Fsp3) is 0. The first-order chi connectivity index (χ1) is 7.25. The minimum Gasteiger partial charge on any atom is -0.514 e. The van der Waals surface area contributed by atoms with Crippen molar-refractivity contribution < 1.29 is 10.0 Å². The summed E-state index contributed by atoms with van der Waals surface area (Å²) in [5, 5.41) is 21.4. The molecule has 7 heteroatoms. The number of nitro groups is 1. The maximum absolute atomic E-state index is 10.5. The Morgan fingerprint density at radius 2 is 2.47 bits per heavy atom. The van der Waals surface area contributed by atoms with Crippen molar-refractivity contribution in [3.8, 4) is 0 Å². The number of aliphatic imine (C=N–C) groups is 1. The lowest BCUT2D eigenvalue weighted by Gasteiger charge is -1.99. The van der Waals surface area contributed by atoms with E-state index >= 15 is 0 Å². The van der Waals surface area contributed by atoms with E-state index in [2.05, 4.69) is 15.3 Å². The molecule has 0 aliphatic rings. The first kappa shape index (κ1) is 10.6. The third-order valence-corrected chi connectivity index (χ3v) is 1.44. The second kappa shape index (κ2) is 5.32. The number of hydrogen-bond acceptors (Lipinski definition) is 5. The molecular formula is C8H8N4O3. The predicted octanol–water partition coefficient (Wildman–Crippen LogP) is 1.46. The highest BCUT2D eigenvalue weighted by molar-refractivity contribution is 5.80. The first-order valence-electron chi connectivity index (χ1n) is 3.91. The van der Waals surface area contributed by atoms with Gasteiger partial charge in [0.2, 0.25) is 0 Å². The van der Waals surface area contributed by atoms with Crippen LogP contribution in [0.1, 0.15) is 0 Å². The van der Waals surface area contributed by atoms with E-state index in [9.17, 15) is 10.1 Å². The third-order valence-electron chi connectivity index (χ3n) is 1.44. The summed E-state index contributed by atoms with van der Waals surface area (Å²) in [7, 11) is 0. The molecule has 0 aliphatic carbocycles. The van der Waals surface area contributed by atoms with Crippen molar-refractivity contribution in [2.45, 2.75) is 0 Å². The van der Waals surface area contributed by atoms with E-state index in [1.807, 2.05) is 0 Å². The van der Waals surface area contributed by atoms with Crippen LogP contribution in [0, 0.1) is 10.1 Å². The van der Waals surface area contributed by atoms with Gasteiger partial charge >= 0.3 is 5.69 Å². The zero-order chi connectivity index (χ0) is 11.1. The Hall–Kier alpha value is -2.44. The van der Waals surface area contributed by atoms with Crippen molar-refractivity contribution in [3.63, 3.8) is 0 Å². The monoisotopic (exact) mass is 208 g/mol. The number of aromatic nitrogens is 1. The molecule has 0 saturated heterocycles. The van der Waals surface area contributed by atoms with Crippen molar-refractivity contribution in [2.24, 2.45) is 4.99 Å². The molecule has 0 fully saturated rings. The molecule has 7 nitrogen and oxygen atoms in total. The molecule has 78 valence electrons. The van der Waals surface area contributed by atoms with Gasteiger partial charge in [0.25, 0.3) is 0 Å². The molecule has 0 aliphatic heterocycles. The second-order valence-electron chi connectivity index (χ2n) is 2.37. The number of nitrogens with one attached hydrogen (secondary N) is 1. The van der Waals surface area contributed by atoms with Crippen LogP contribution in [-0.2, 0) is 0 Å². The molecule has 0 unspecified atom stereocenters. The zero-order valence-electron chi connectivity index (χ0n) is 7.57. The summed E-state index contributed by atoms with van der Waals surface area (Å²) < 4.78 is 0. The highest BCUT2D eigenvalue weighted by atomic mass is 16.6. The third kappa shape index (κ3) is 3.07. The highest BCUT2D eigenvalue weighted by Crippen LogP contribution is 2.20. The van der Waals surface area contributed by atoms with E-state index in [0.717, 1.165) is 18.7 Å². The molecule has 2 N–H and O–H groups in total. The van der Waals surface area contributed by atoms with Crippen LogP contribution in [0.15, 0.2) is 35.9 Å². The molecule has 0 spiro atoms. The summed E-state index contributed by atoms with van der Waals surface area (Å²) in [6.07, 6.45) is 5.65. The Morgan fingerprint density at radius 1 is 1.67 bits per heavy atom. The molecular weight excluding hydrogens is 200 g/mol. The van der Waals surface area contributed by atoms with Gasteiger partial charge in [-0.25, -0.2) is 4.99 Å². The van der Waals surface area contributed by atoms with Gasteiger partial charge in [0, 0.05) is 6.20 Å². The number of anilines is 1. The SMILES string of the molecule is O=[N+]([O-])c1cnccc1NC=N/C=C\O. The summed E-state index contributed by atoms with van der Waals surface area (Å²) in [5.74, 6) is 0. The van der Waals surface area contributed by atoms with Crippen LogP contribution in [0.25, 0.3) is 0 Å². The lowest BCUT2D eigenvalue weighted by atomic mass is 10.3. The zero-order valence-corrected chi connectivity index (χ0v) is 7.57. The Labute approximate surface area is 84.9 Å². The number of hydrogen-bond donors (Lipinski definition) is 2. The molecule has 0 saturated carbocycles. The average molecular weight is 208 g/mol. The summed E-state index contributed by atoms with van der Waals surface area (Å²) in [4.78, 5) is 17.2. The smallest absolute Gasteiger partial charge is 0.310 e. The van der Waals surface area contributed by atoms with E-state index in [-0.39, 0.29) is 11.4 Å². The molecule has 0 bridgehead atoms. The maximum Gasteiger partial charge on any atom is 0.310 e. The first-order valence-corrected chi connectivity index (χ1v) is 3.91. The van der Waals surface area contributed by atoms with Crippen LogP contribution in [0.3, 0.4) is 0 Å². The van der Waals surface area contributed by atoms with Crippen LogP contribution in [0.2, 0.25) is 0 Å². The van der Waals surface area contributed by atoms with Gasteiger partial charge in [0.05, 0.1) is 23.7 Å². The van der Waals surface area contributed by atoms with E-state index in [4.69, 9.17) is 5.11 Å². The van der Waals surface area contributed by atoms with E-state index in [1.54, 1.807) is 0 Å². The van der Waals surface area contributed by atoms with E-state index in [0.29, 0.717) is 0 Å². The summed E-state index contributed by atoms with van der Waals surface area (Å²) in [6, 6.07) is 1.45. The quantitative estimate of drug-likeness (QED) is 0.256. The van der Waals surface area contributed by atoms with Crippen LogP contribution in [0.4, 0.5) is 11.4 Å². The van der Waals surface area contributed by atoms with Crippen molar-refractivity contribution in [1.82, 2.24) is 4.98 Å². The van der Waals surface area contributed by atoms with Crippen molar-refractivity contribution in [3.05, 3.63) is 41.0 Å². The lowest BCUT2D eigenvalue weighted by Crippen LogP contribution is -1.99. The minimum atomic E-state index is -0.551. The maximum atomic E-state index is 10.5. The topological polar surface area (TPSA) is 101 Å². The van der Waals surface area contributed by atoms with Gasteiger partial charge < -0.3 is 10.4 Å². The number of aliphatic hydroxyl groups is 1. The van der Waals surface area contributed by atoms with Crippen LogP contribution < -0.4 is 5.32 Å². The number of nitrogens with zero attached hydrogens (tertiary/aromatic N) is 3. The van der Waals surface area contributed by atoms with Gasteiger partial charge in [-0.05, 0) is 6.07 Å². The fourth-order valence-electron chi connectivity index (χ4n) is 0.842. The van der Waals surface area contributed by atoms with E-state index < -0.39 is 4.92 Å². The van der Waals surface area contributed by atoms with Gasteiger partial charge in [-0.1, -0.05) is 0 Å². The Morgan fingerprint density at radius 3 is 3.13 bits per heavy atom. The predicted molar refractivity (Wildman–Crippen MR) is 54.8 cm³/mol. The Bertz CT molecular complexity index is 403. The molecule has 1 aromatic rings. The van der Waals surface area contributed by atoms with Crippen LogP contribution in [-0.4, -0.2) is 21.4 Å². The molecule has 15 heavy (non-hydrogen) atoms. The summed E-state index contributed by atoms with van der Waals surface area (Å²) in [6.45, 7) is 0. The summed E-state index contributed by atoms with van der Waals surface area (Å²) >= 11 is 0. The Kier molecular flexibility index (Phi) is 3.78. The molecule has 1 heterocycles. The standard InChI is InChI=1S/C8H8N4O3/c13-4-3-10-6-11-7-1-2-9-5-8(7)12(14)15/h1-6,13H,(H,9,10,11)/b4-3-. The molecule has 0 amide bonds. The van der Waals surface area contributed by atoms with Gasteiger partial charge in [0.15, 0.2) is 0 Å². The number of aliphatic hydroxyl groups excluding tert-OH is 1.